The van der Waals surface area contributed by atoms with Crippen LogP contribution in [0.2, 0.25) is 0 Å². The molecule has 0 radical (unpaired) electrons. The van der Waals surface area contributed by atoms with E-state index >= 15 is 0 Å². The van der Waals surface area contributed by atoms with Crippen LogP contribution in [0.25, 0.3) is 0 Å². The molecule has 4 nitrogen and oxygen atoms in total. The van der Waals surface area contributed by atoms with Gasteiger partial charge in [0.2, 0.25) is 0 Å². The number of aliphatic hydroxyl groups excluding tert-OH is 1. The van der Waals surface area contributed by atoms with Crippen LogP contribution in [0.15, 0.2) is 24.3 Å². The average molecular weight is 223 g/mol. The highest BCUT2D eigenvalue weighted by atomic mass is 16.5. The van der Waals surface area contributed by atoms with Crippen molar-refractivity contribution in [3.05, 3.63) is 29.8 Å². The summed E-state index contributed by atoms with van der Waals surface area (Å²) >= 11 is 0. The number of carbonyl (C=O) groups excluding carboxylic acids is 1. The van der Waals surface area contributed by atoms with Gasteiger partial charge in [0.1, 0.15) is 5.75 Å². The van der Waals surface area contributed by atoms with Crippen molar-refractivity contribution in [3.63, 3.8) is 0 Å². The van der Waals surface area contributed by atoms with E-state index in [1.54, 1.807) is 13.0 Å². The van der Waals surface area contributed by atoms with E-state index < -0.39 is 6.10 Å². The topological polar surface area (TPSA) is 58.6 Å². The van der Waals surface area contributed by atoms with Crippen LogP contribution in [0.4, 0.5) is 0 Å². The molecule has 0 aliphatic carbocycles. The summed E-state index contributed by atoms with van der Waals surface area (Å²) in [5.41, 5.74) is 1.09. The smallest absolute Gasteiger partial charge is 0.258 e. The van der Waals surface area contributed by atoms with E-state index in [-0.39, 0.29) is 19.1 Å². The largest absolute Gasteiger partial charge is 0.484 e. The lowest BCUT2D eigenvalue weighted by atomic mass is 10.2. The van der Waals surface area contributed by atoms with Crippen LogP contribution >= 0.6 is 0 Å². The van der Waals surface area contributed by atoms with Gasteiger partial charge in [0.15, 0.2) is 6.61 Å². The number of benzene rings is 1. The molecule has 1 aromatic rings. The third-order valence-corrected chi connectivity index (χ3v) is 1.95. The first-order valence-electron chi connectivity index (χ1n) is 5.22. The Morgan fingerprint density at radius 2 is 2.31 bits per heavy atom. The molecule has 0 heterocycles. The van der Waals surface area contributed by atoms with Gasteiger partial charge < -0.3 is 15.2 Å². The standard InChI is InChI=1S/C12H17NO3/c1-9-4-3-5-11(6-9)16-8-12(15)13-7-10(2)14/h3-6,10,14H,7-8H2,1-2H3,(H,13,15)/t10-/m1/s1. The first-order chi connectivity index (χ1) is 7.58. The molecule has 88 valence electrons. The quantitative estimate of drug-likeness (QED) is 0.778. The van der Waals surface area contributed by atoms with Crippen molar-refractivity contribution in [2.45, 2.75) is 20.0 Å². The van der Waals surface area contributed by atoms with Gasteiger partial charge in [-0.25, -0.2) is 0 Å². The molecule has 0 saturated heterocycles. The Kier molecular flexibility index (Phi) is 4.79. The maximum Gasteiger partial charge on any atom is 0.258 e. The minimum Gasteiger partial charge on any atom is -0.484 e. The van der Waals surface area contributed by atoms with E-state index in [4.69, 9.17) is 9.84 Å². The normalized spacial score (nSPS) is 11.9. The fourth-order valence-corrected chi connectivity index (χ4v) is 1.17. The van der Waals surface area contributed by atoms with Crippen LogP contribution in [-0.2, 0) is 4.79 Å². The Balaban J connectivity index is 2.31. The van der Waals surface area contributed by atoms with Gasteiger partial charge in [-0.2, -0.15) is 0 Å². The van der Waals surface area contributed by atoms with Gasteiger partial charge in [-0.15, -0.1) is 0 Å². The summed E-state index contributed by atoms with van der Waals surface area (Å²) in [4.78, 5) is 11.3. The Morgan fingerprint density at radius 3 is 2.94 bits per heavy atom. The number of hydrogen-bond acceptors (Lipinski definition) is 3. The molecule has 1 atom stereocenters. The SMILES string of the molecule is Cc1cccc(OCC(=O)NC[C@@H](C)O)c1. The fourth-order valence-electron chi connectivity index (χ4n) is 1.17. The van der Waals surface area contributed by atoms with Gasteiger partial charge in [-0.1, -0.05) is 12.1 Å². The third-order valence-electron chi connectivity index (χ3n) is 1.95. The molecule has 2 N–H and O–H groups in total. The molecule has 0 bridgehead atoms. The highest BCUT2D eigenvalue weighted by molar-refractivity contribution is 5.77. The van der Waals surface area contributed by atoms with Crippen LogP contribution < -0.4 is 10.1 Å². The second-order valence-electron chi connectivity index (χ2n) is 3.76. The van der Waals surface area contributed by atoms with Crippen molar-refractivity contribution in [1.82, 2.24) is 5.32 Å². The van der Waals surface area contributed by atoms with Crippen LogP contribution in [0.1, 0.15) is 12.5 Å². The maximum atomic E-state index is 11.3. The number of aryl methyl sites for hydroxylation is 1. The third kappa shape index (κ3) is 4.79. The number of hydrogen-bond donors (Lipinski definition) is 2. The summed E-state index contributed by atoms with van der Waals surface area (Å²) < 4.78 is 5.29. The van der Waals surface area contributed by atoms with Gasteiger partial charge in [-0.05, 0) is 31.5 Å². The summed E-state index contributed by atoms with van der Waals surface area (Å²) in [6.45, 7) is 3.79. The predicted molar refractivity (Wildman–Crippen MR) is 61.4 cm³/mol. The number of nitrogens with one attached hydrogen (secondary N) is 1. The number of ether oxygens (including phenoxy) is 1. The van der Waals surface area contributed by atoms with Crippen LogP contribution in [0.3, 0.4) is 0 Å². The lowest BCUT2D eigenvalue weighted by Gasteiger charge is -2.08. The van der Waals surface area contributed by atoms with Crippen molar-refractivity contribution < 1.29 is 14.6 Å². The van der Waals surface area contributed by atoms with Gasteiger partial charge >= 0.3 is 0 Å². The number of rotatable bonds is 5. The minimum absolute atomic E-state index is 0.0316. The van der Waals surface area contributed by atoms with Gasteiger partial charge in [0.25, 0.3) is 5.91 Å². The van der Waals surface area contributed by atoms with E-state index in [9.17, 15) is 4.79 Å². The van der Waals surface area contributed by atoms with Crippen molar-refractivity contribution >= 4 is 5.91 Å². The second-order valence-corrected chi connectivity index (χ2v) is 3.76. The molecule has 0 aromatic heterocycles. The Bertz CT molecular complexity index is 350. The summed E-state index contributed by atoms with van der Waals surface area (Å²) in [6.07, 6.45) is -0.539. The lowest BCUT2D eigenvalue weighted by molar-refractivity contribution is -0.123. The molecule has 0 spiro atoms. The zero-order chi connectivity index (χ0) is 12.0. The summed E-state index contributed by atoms with van der Waals surface area (Å²) in [6, 6.07) is 7.50. The van der Waals surface area contributed by atoms with Gasteiger partial charge in [0, 0.05) is 6.54 Å². The van der Waals surface area contributed by atoms with Crippen LogP contribution in [0.5, 0.6) is 5.75 Å². The second kappa shape index (κ2) is 6.12. The summed E-state index contributed by atoms with van der Waals surface area (Å²) in [5.74, 6) is 0.439. The molecule has 1 rings (SSSR count). The van der Waals surface area contributed by atoms with Gasteiger partial charge in [-0.3, -0.25) is 4.79 Å². The average Bonchev–Trinajstić information content (AvgIpc) is 2.23. The first-order valence-corrected chi connectivity index (χ1v) is 5.22. The van der Waals surface area contributed by atoms with Crippen molar-refractivity contribution in [1.29, 1.82) is 0 Å². The highest BCUT2D eigenvalue weighted by Crippen LogP contribution is 2.11. The molecule has 1 amide bonds. The molecule has 1 aromatic carbocycles. The van der Waals surface area contributed by atoms with E-state index in [1.807, 2.05) is 25.1 Å². The predicted octanol–water partition coefficient (Wildman–Crippen LogP) is 0.871. The number of aliphatic hydroxyl groups is 1. The Labute approximate surface area is 95.2 Å². The Morgan fingerprint density at radius 1 is 1.56 bits per heavy atom. The first kappa shape index (κ1) is 12.5. The monoisotopic (exact) mass is 223 g/mol. The summed E-state index contributed by atoms with van der Waals surface area (Å²) in [7, 11) is 0. The molecular weight excluding hydrogens is 206 g/mol. The van der Waals surface area contributed by atoms with E-state index in [0.29, 0.717) is 5.75 Å². The fraction of sp³-hybridized carbons (Fsp3) is 0.417. The molecule has 16 heavy (non-hydrogen) atoms. The lowest BCUT2D eigenvalue weighted by Crippen LogP contribution is -2.34. The van der Waals surface area contributed by atoms with Crippen molar-refractivity contribution in [2.75, 3.05) is 13.2 Å². The van der Waals surface area contributed by atoms with Crippen LogP contribution in [-0.4, -0.2) is 30.3 Å². The molecule has 0 unspecified atom stereocenters. The van der Waals surface area contributed by atoms with E-state index in [0.717, 1.165) is 5.56 Å². The van der Waals surface area contributed by atoms with E-state index in [2.05, 4.69) is 5.32 Å². The zero-order valence-corrected chi connectivity index (χ0v) is 9.56. The maximum absolute atomic E-state index is 11.3. The molecule has 4 heteroatoms. The molecular formula is C12H17NO3. The van der Waals surface area contributed by atoms with Gasteiger partial charge in [0.05, 0.1) is 6.10 Å². The van der Waals surface area contributed by atoms with E-state index in [1.165, 1.54) is 0 Å². The molecule has 0 saturated carbocycles. The number of amides is 1. The van der Waals surface area contributed by atoms with Crippen LogP contribution in [0, 0.1) is 6.92 Å². The molecule has 0 aliphatic heterocycles. The number of carbonyl (C=O) groups is 1. The highest BCUT2D eigenvalue weighted by Gasteiger charge is 2.03. The molecule has 0 aliphatic rings. The summed E-state index contributed by atoms with van der Waals surface area (Å²) in [5, 5.41) is 11.5. The Hall–Kier alpha value is -1.55. The minimum atomic E-state index is -0.539. The van der Waals surface area contributed by atoms with Crippen molar-refractivity contribution in [2.24, 2.45) is 0 Å². The zero-order valence-electron chi connectivity index (χ0n) is 9.56. The molecule has 0 fully saturated rings. The van der Waals surface area contributed by atoms with Crippen molar-refractivity contribution in [3.8, 4) is 5.75 Å².